The van der Waals surface area contributed by atoms with Crippen LogP contribution >= 0.6 is 0 Å². The van der Waals surface area contributed by atoms with Crippen molar-refractivity contribution in [1.29, 1.82) is 0 Å². The highest BCUT2D eigenvalue weighted by Crippen LogP contribution is 2.44. The summed E-state index contributed by atoms with van der Waals surface area (Å²) in [7, 11) is 0. The van der Waals surface area contributed by atoms with Crippen LogP contribution < -0.4 is 0 Å². The summed E-state index contributed by atoms with van der Waals surface area (Å²) in [5, 5.41) is 6.58. The lowest BCUT2D eigenvalue weighted by Crippen LogP contribution is -2.50. The number of halogens is 3. The van der Waals surface area contributed by atoms with Gasteiger partial charge in [0.25, 0.3) is 5.91 Å². The minimum atomic E-state index is -4.80. The van der Waals surface area contributed by atoms with Crippen molar-refractivity contribution < 1.29 is 32.3 Å². The van der Waals surface area contributed by atoms with Gasteiger partial charge in [0, 0.05) is 39.6 Å². The zero-order valence-electron chi connectivity index (χ0n) is 19.2. The van der Waals surface area contributed by atoms with Gasteiger partial charge in [-0.3, -0.25) is 14.4 Å². The number of carbonyl (C=O) groups excluding carboxylic acids is 3. The lowest BCUT2D eigenvalue weighted by atomic mass is 10.0. The molecule has 35 heavy (non-hydrogen) atoms. The van der Waals surface area contributed by atoms with Crippen LogP contribution in [0.1, 0.15) is 30.5 Å². The van der Waals surface area contributed by atoms with E-state index < -0.39 is 24.0 Å². The first-order valence-electron chi connectivity index (χ1n) is 11.3. The Morgan fingerprint density at radius 2 is 1.80 bits per heavy atom. The van der Waals surface area contributed by atoms with Gasteiger partial charge in [0.1, 0.15) is 0 Å². The van der Waals surface area contributed by atoms with Gasteiger partial charge in [-0.2, -0.15) is 18.3 Å². The number of hydrogen-bond acceptors (Lipinski definition) is 6. The number of alkyl halides is 3. The molecule has 188 valence electrons. The van der Waals surface area contributed by atoms with Crippen LogP contribution in [0.15, 0.2) is 46.4 Å². The van der Waals surface area contributed by atoms with Crippen LogP contribution in [0.3, 0.4) is 0 Å². The van der Waals surface area contributed by atoms with Gasteiger partial charge >= 0.3 is 6.18 Å². The third kappa shape index (κ3) is 5.37. The minimum Gasteiger partial charge on any atom is -0.378 e. The smallest absolute Gasteiger partial charge is 0.378 e. The van der Waals surface area contributed by atoms with E-state index in [4.69, 9.17) is 4.74 Å². The minimum absolute atomic E-state index is 0.0224. The number of piperazine rings is 1. The van der Waals surface area contributed by atoms with Crippen LogP contribution in [-0.4, -0.2) is 78.0 Å². The Balaban J connectivity index is 1.39. The summed E-state index contributed by atoms with van der Waals surface area (Å²) < 4.78 is 46.9. The molecule has 0 saturated carbocycles. The van der Waals surface area contributed by atoms with Gasteiger partial charge < -0.3 is 19.4 Å². The van der Waals surface area contributed by atoms with Crippen molar-refractivity contribution in [1.82, 2.24) is 14.7 Å². The van der Waals surface area contributed by atoms with E-state index in [2.05, 4.69) is 10.2 Å². The van der Waals surface area contributed by atoms with E-state index >= 15 is 0 Å². The fourth-order valence-electron chi connectivity index (χ4n) is 4.65. The Morgan fingerprint density at radius 3 is 2.49 bits per heavy atom. The number of azo groups is 1. The second-order valence-electron chi connectivity index (χ2n) is 8.64. The summed E-state index contributed by atoms with van der Waals surface area (Å²) in [6, 6.07) is 6.66. The number of hydrogen-bond donors (Lipinski definition) is 0. The largest absolute Gasteiger partial charge is 0.406 e. The molecule has 0 aromatic heterocycles. The molecule has 1 saturated heterocycles. The molecule has 4 rings (SSSR count). The molecule has 0 N–H and O–H groups in total. The van der Waals surface area contributed by atoms with Gasteiger partial charge in [-0.25, -0.2) is 0 Å². The van der Waals surface area contributed by atoms with E-state index in [1.54, 1.807) is 21.9 Å². The lowest BCUT2D eigenvalue weighted by Gasteiger charge is -2.34. The Kier molecular flexibility index (Phi) is 7.20. The van der Waals surface area contributed by atoms with E-state index in [-0.39, 0.29) is 43.7 Å². The Morgan fingerprint density at radius 1 is 1.11 bits per heavy atom. The van der Waals surface area contributed by atoms with Gasteiger partial charge in [-0.05, 0) is 11.1 Å². The van der Waals surface area contributed by atoms with Crippen molar-refractivity contribution in [2.45, 2.75) is 32.1 Å². The van der Waals surface area contributed by atoms with Gasteiger partial charge in [-0.1, -0.05) is 24.3 Å². The Labute approximate surface area is 200 Å². The van der Waals surface area contributed by atoms with Crippen LogP contribution in [0.4, 0.5) is 13.2 Å². The standard InChI is InChI=1S/C23H26F3N5O4/c1-15(32)29-7-9-30(10-8-29)20(33)6-11-35-14-19-17-5-3-2-4-16(17)13-31(19)18-12-27-28-22(34)21(18)23(24,25)26/h2-5,12,19,21H,6-11,13-14H2,1H3/t19-,21?/m1/s1. The number of fused-ring (bicyclic) bond motifs is 1. The van der Waals surface area contributed by atoms with E-state index in [9.17, 15) is 27.6 Å². The molecular formula is C23H26F3N5O4. The number of benzene rings is 1. The molecule has 3 amide bonds. The third-order valence-corrected chi connectivity index (χ3v) is 6.49. The molecule has 12 heteroatoms. The summed E-state index contributed by atoms with van der Waals surface area (Å²) in [4.78, 5) is 40.8. The molecule has 1 fully saturated rings. The fraction of sp³-hybridized carbons (Fsp3) is 0.522. The van der Waals surface area contributed by atoms with Crippen LogP contribution in [0.25, 0.3) is 0 Å². The molecule has 0 radical (unpaired) electrons. The number of nitrogens with zero attached hydrogens (tertiary/aromatic N) is 5. The Bertz CT molecular complexity index is 1050. The third-order valence-electron chi connectivity index (χ3n) is 6.49. The average Bonchev–Trinajstić information content (AvgIpc) is 3.19. The first kappa shape index (κ1) is 24.8. The highest BCUT2D eigenvalue weighted by Gasteiger charge is 2.52. The predicted molar refractivity (Wildman–Crippen MR) is 116 cm³/mol. The zero-order chi connectivity index (χ0) is 25.2. The van der Waals surface area contributed by atoms with Gasteiger partial charge in [0.15, 0.2) is 5.92 Å². The first-order chi connectivity index (χ1) is 16.7. The molecule has 1 aromatic carbocycles. The number of ether oxygens (including phenoxy) is 1. The lowest BCUT2D eigenvalue weighted by molar-refractivity contribution is -0.178. The van der Waals surface area contributed by atoms with Crippen molar-refractivity contribution in [2.24, 2.45) is 16.1 Å². The van der Waals surface area contributed by atoms with Crippen LogP contribution in [0.5, 0.6) is 0 Å². The molecule has 3 heterocycles. The highest BCUT2D eigenvalue weighted by molar-refractivity contribution is 5.83. The normalized spacial score (nSPS) is 22.3. The molecule has 3 aliphatic heterocycles. The number of rotatable bonds is 6. The van der Waals surface area contributed by atoms with Crippen LogP contribution in [0, 0.1) is 5.92 Å². The van der Waals surface area contributed by atoms with Crippen LogP contribution in [-0.2, 0) is 25.7 Å². The molecule has 1 aromatic rings. The summed E-state index contributed by atoms with van der Waals surface area (Å²) in [6.45, 7) is 3.69. The van der Waals surface area contributed by atoms with Crippen molar-refractivity contribution in [2.75, 3.05) is 39.4 Å². The monoisotopic (exact) mass is 493 g/mol. The molecule has 3 aliphatic rings. The second kappa shape index (κ2) is 10.1. The van der Waals surface area contributed by atoms with Gasteiger partial charge in [0.2, 0.25) is 11.8 Å². The molecule has 0 bridgehead atoms. The van der Waals surface area contributed by atoms with E-state index in [0.717, 1.165) is 17.3 Å². The zero-order valence-corrected chi connectivity index (χ0v) is 19.2. The molecular weight excluding hydrogens is 467 g/mol. The average molecular weight is 493 g/mol. The van der Waals surface area contributed by atoms with Crippen molar-refractivity contribution >= 4 is 17.7 Å². The first-order valence-corrected chi connectivity index (χ1v) is 11.3. The van der Waals surface area contributed by atoms with Crippen molar-refractivity contribution in [3.63, 3.8) is 0 Å². The van der Waals surface area contributed by atoms with Gasteiger partial charge in [-0.15, -0.1) is 5.11 Å². The molecule has 2 atom stereocenters. The summed E-state index contributed by atoms with van der Waals surface area (Å²) in [6.07, 6.45) is -3.70. The van der Waals surface area contributed by atoms with Crippen molar-refractivity contribution in [3.8, 4) is 0 Å². The number of carbonyl (C=O) groups is 3. The SMILES string of the molecule is CC(=O)N1CCN(C(=O)CCOC[C@@H]2c3ccccc3CN2C2=CN=NC(=O)C2C(F)(F)F)CC1. The quantitative estimate of drug-likeness (QED) is 0.568. The highest BCUT2D eigenvalue weighted by atomic mass is 19.4. The second-order valence-corrected chi connectivity index (χ2v) is 8.64. The maximum atomic E-state index is 13.7. The van der Waals surface area contributed by atoms with Crippen LogP contribution in [0.2, 0.25) is 0 Å². The van der Waals surface area contributed by atoms with E-state index in [1.165, 1.54) is 11.8 Å². The van der Waals surface area contributed by atoms with E-state index in [0.29, 0.717) is 26.2 Å². The molecule has 0 aliphatic carbocycles. The maximum Gasteiger partial charge on any atom is 0.406 e. The Hall–Kier alpha value is -3.28. The van der Waals surface area contributed by atoms with E-state index in [1.807, 2.05) is 12.1 Å². The fourth-order valence-corrected chi connectivity index (χ4v) is 4.65. The molecule has 1 unspecified atom stereocenters. The maximum absolute atomic E-state index is 13.7. The molecule has 9 nitrogen and oxygen atoms in total. The predicted octanol–water partition coefficient (Wildman–Crippen LogP) is 2.65. The molecule has 0 spiro atoms. The summed E-state index contributed by atoms with van der Waals surface area (Å²) in [5.74, 6) is -3.85. The summed E-state index contributed by atoms with van der Waals surface area (Å²) in [5.41, 5.74) is 1.37. The summed E-state index contributed by atoms with van der Waals surface area (Å²) >= 11 is 0. The van der Waals surface area contributed by atoms with Crippen molar-refractivity contribution in [3.05, 3.63) is 47.3 Å². The van der Waals surface area contributed by atoms with Gasteiger partial charge in [0.05, 0.1) is 37.6 Å². The topological polar surface area (TPSA) is 94.9 Å². The number of amides is 3.